The molecule has 4 heteroatoms. The minimum Gasteiger partial charge on any atom is -0.472 e. The molecule has 1 atom stereocenters. The van der Waals surface area contributed by atoms with Crippen LogP contribution in [0.25, 0.3) is 0 Å². The maximum atomic E-state index is 12.2. The fraction of sp³-hybridized carbons (Fsp3) is 0.545. The Morgan fingerprint density at radius 3 is 3.00 bits per heavy atom. The Balaban J connectivity index is 2.17. The summed E-state index contributed by atoms with van der Waals surface area (Å²) in [6.45, 7) is 2.89. The lowest BCUT2D eigenvalue weighted by molar-refractivity contribution is 0.0873. The molecule has 1 unspecified atom stereocenters. The predicted octanol–water partition coefficient (Wildman–Crippen LogP) is 1.82. The van der Waals surface area contributed by atoms with Crippen LogP contribution in [0.5, 0.6) is 0 Å². The van der Waals surface area contributed by atoms with Gasteiger partial charge in [-0.05, 0) is 19.5 Å². The zero-order chi connectivity index (χ0) is 10.8. The normalized spacial score (nSPS) is 22.9. The molecule has 0 radical (unpaired) electrons. The Kier molecular flexibility index (Phi) is 3.17. The molecule has 0 N–H and O–H groups in total. The molecule has 0 aliphatic carbocycles. The Bertz CT molecular complexity index is 361. The van der Waals surface area contributed by atoms with E-state index in [9.17, 15) is 4.79 Å². The highest BCUT2D eigenvalue weighted by Gasteiger charge is 2.28. The summed E-state index contributed by atoms with van der Waals surface area (Å²) in [6.07, 6.45) is 3.19. The van der Waals surface area contributed by atoms with Gasteiger partial charge in [0.15, 0.2) is 5.78 Å². The van der Waals surface area contributed by atoms with Crippen LogP contribution in [0, 0.1) is 6.92 Å². The summed E-state index contributed by atoms with van der Waals surface area (Å²) in [5.41, 5.74) is 1.67. The first-order valence-corrected chi connectivity index (χ1v) is 6.20. The maximum Gasteiger partial charge on any atom is 0.184 e. The second kappa shape index (κ2) is 4.41. The van der Waals surface area contributed by atoms with E-state index in [0.717, 1.165) is 29.2 Å². The zero-order valence-corrected chi connectivity index (χ0v) is 9.84. The number of ketones is 1. The highest BCUT2D eigenvalue weighted by Crippen LogP contribution is 2.20. The van der Waals surface area contributed by atoms with Crippen molar-refractivity contribution >= 4 is 17.5 Å². The van der Waals surface area contributed by atoms with E-state index in [4.69, 9.17) is 4.42 Å². The molecule has 3 nitrogen and oxygen atoms in total. The minimum absolute atomic E-state index is 0.0139. The number of nitrogens with zero attached hydrogens (tertiary/aromatic N) is 1. The molecule has 1 aliphatic heterocycles. The average molecular weight is 225 g/mol. The molecule has 15 heavy (non-hydrogen) atoms. The Labute approximate surface area is 93.8 Å². The van der Waals surface area contributed by atoms with Crippen LogP contribution in [0.1, 0.15) is 15.9 Å². The first-order chi connectivity index (χ1) is 7.20. The first-order valence-electron chi connectivity index (χ1n) is 5.05. The Morgan fingerprint density at radius 2 is 2.40 bits per heavy atom. The van der Waals surface area contributed by atoms with E-state index < -0.39 is 0 Å². The molecule has 0 spiro atoms. The van der Waals surface area contributed by atoms with Crippen LogP contribution in [0.2, 0.25) is 0 Å². The van der Waals surface area contributed by atoms with Crippen molar-refractivity contribution in [1.82, 2.24) is 4.90 Å². The molecule has 1 saturated heterocycles. The summed E-state index contributed by atoms with van der Waals surface area (Å²) in [5.74, 6) is 2.20. The summed E-state index contributed by atoms with van der Waals surface area (Å²) in [6, 6.07) is 0.0139. The number of carbonyl (C=O) groups excluding carboxylic acids is 1. The smallest absolute Gasteiger partial charge is 0.184 e. The molecule has 1 aromatic heterocycles. The molecule has 1 fully saturated rings. The van der Waals surface area contributed by atoms with Gasteiger partial charge in [-0.1, -0.05) is 0 Å². The highest BCUT2D eigenvalue weighted by atomic mass is 32.2. The molecule has 0 amide bonds. The Morgan fingerprint density at radius 1 is 1.60 bits per heavy atom. The number of likely N-dealkylation sites (N-methyl/N-ethyl adjacent to an activating group) is 1. The zero-order valence-electron chi connectivity index (χ0n) is 9.03. The summed E-state index contributed by atoms with van der Waals surface area (Å²) in [5, 5.41) is 0. The van der Waals surface area contributed by atoms with Crippen LogP contribution >= 0.6 is 11.8 Å². The van der Waals surface area contributed by atoms with Gasteiger partial charge < -0.3 is 4.42 Å². The van der Waals surface area contributed by atoms with Gasteiger partial charge in [-0.2, -0.15) is 11.8 Å². The predicted molar refractivity (Wildman–Crippen MR) is 61.5 cm³/mol. The highest BCUT2D eigenvalue weighted by molar-refractivity contribution is 7.99. The van der Waals surface area contributed by atoms with E-state index in [1.807, 2.05) is 25.7 Å². The van der Waals surface area contributed by atoms with Crippen molar-refractivity contribution in [3.8, 4) is 0 Å². The van der Waals surface area contributed by atoms with Crippen LogP contribution in [-0.2, 0) is 0 Å². The van der Waals surface area contributed by atoms with E-state index in [1.54, 1.807) is 12.5 Å². The van der Waals surface area contributed by atoms with Gasteiger partial charge in [0.2, 0.25) is 0 Å². The van der Waals surface area contributed by atoms with E-state index in [-0.39, 0.29) is 11.8 Å². The van der Waals surface area contributed by atoms with Gasteiger partial charge in [0.1, 0.15) is 6.26 Å². The third-order valence-electron chi connectivity index (χ3n) is 2.82. The first kappa shape index (κ1) is 10.8. The number of rotatable bonds is 2. The van der Waals surface area contributed by atoms with Gasteiger partial charge in [-0.25, -0.2) is 0 Å². The van der Waals surface area contributed by atoms with Crippen LogP contribution in [0.3, 0.4) is 0 Å². The van der Waals surface area contributed by atoms with Crippen molar-refractivity contribution in [2.75, 3.05) is 25.1 Å². The van der Waals surface area contributed by atoms with Crippen LogP contribution in [0.4, 0.5) is 0 Å². The third kappa shape index (κ3) is 2.11. The van der Waals surface area contributed by atoms with Crippen molar-refractivity contribution in [1.29, 1.82) is 0 Å². The molecular formula is C11H15NO2S. The number of furan rings is 1. The second-order valence-corrected chi connectivity index (χ2v) is 5.05. The van der Waals surface area contributed by atoms with Crippen molar-refractivity contribution in [2.24, 2.45) is 0 Å². The summed E-state index contributed by atoms with van der Waals surface area (Å²) < 4.78 is 5.05. The molecule has 1 aliphatic rings. The largest absolute Gasteiger partial charge is 0.472 e. The van der Waals surface area contributed by atoms with Crippen molar-refractivity contribution in [3.63, 3.8) is 0 Å². The van der Waals surface area contributed by atoms with Crippen molar-refractivity contribution < 1.29 is 9.21 Å². The van der Waals surface area contributed by atoms with Crippen LogP contribution in [-0.4, -0.2) is 41.8 Å². The molecule has 0 aromatic carbocycles. The molecule has 0 saturated carbocycles. The fourth-order valence-electron chi connectivity index (χ4n) is 1.75. The molecule has 82 valence electrons. The van der Waals surface area contributed by atoms with Gasteiger partial charge in [-0.3, -0.25) is 9.69 Å². The summed E-state index contributed by atoms with van der Waals surface area (Å²) >= 11 is 1.85. The van der Waals surface area contributed by atoms with Crippen LogP contribution in [0.15, 0.2) is 16.9 Å². The quantitative estimate of drug-likeness (QED) is 0.719. The van der Waals surface area contributed by atoms with Gasteiger partial charge in [0.25, 0.3) is 0 Å². The average Bonchev–Trinajstić information content (AvgIpc) is 2.64. The van der Waals surface area contributed by atoms with E-state index >= 15 is 0 Å². The number of aryl methyl sites for hydroxylation is 1. The van der Waals surface area contributed by atoms with E-state index in [1.165, 1.54) is 0 Å². The summed E-state index contributed by atoms with van der Waals surface area (Å²) in [4.78, 5) is 14.3. The lowest BCUT2D eigenvalue weighted by atomic mass is 10.0. The Hall–Kier alpha value is -0.740. The van der Waals surface area contributed by atoms with Crippen LogP contribution < -0.4 is 0 Å². The molecule has 2 heterocycles. The molecule has 2 rings (SSSR count). The lowest BCUT2D eigenvalue weighted by Gasteiger charge is -2.30. The van der Waals surface area contributed by atoms with Gasteiger partial charge in [0, 0.05) is 18.1 Å². The van der Waals surface area contributed by atoms with E-state index in [2.05, 4.69) is 4.90 Å². The minimum atomic E-state index is 0.0139. The van der Waals surface area contributed by atoms with Gasteiger partial charge >= 0.3 is 0 Å². The van der Waals surface area contributed by atoms with Gasteiger partial charge in [0.05, 0.1) is 17.9 Å². The van der Waals surface area contributed by atoms with Crippen molar-refractivity contribution in [2.45, 2.75) is 13.0 Å². The fourth-order valence-corrected chi connectivity index (χ4v) is 2.97. The third-order valence-corrected chi connectivity index (χ3v) is 3.84. The number of hydrogen-bond donors (Lipinski definition) is 0. The monoisotopic (exact) mass is 225 g/mol. The standard InChI is InChI=1S/C11H15NO2S/c1-8-5-14-6-9(8)11(13)10-7-15-4-3-12(10)2/h5-6,10H,3-4,7H2,1-2H3. The number of carbonyl (C=O) groups is 1. The molecule has 0 bridgehead atoms. The lowest BCUT2D eigenvalue weighted by Crippen LogP contribution is -2.44. The summed E-state index contributed by atoms with van der Waals surface area (Å²) in [7, 11) is 2.01. The number of thioether (sulfide) groups is 1. The van der Waals surface area contributed by atoms with Gasteiger partial charge in [-0.15, -0.1) is 0 Å². The maximum absolute atomic E-state index is 12.2. The number of hydrogen-bond acceptors (Lipinski definition) is 4. The molecule has 1 aromatic rings. The SMILES string of the molecule is Cc1cocc1C(=O)C1CSCCN1C. The topological polar surface area (TPSA) is 33.5 Å². The van der Waals surface area contributed by atoms with E-state index in [0.29, 0.717) is 0 Å². The second-order valence-electron chi connectivity index (χ2n) is 3.90. The number of Topliss-reactive ketones (excluding diaryl/α,β-unsaturated/α-hetero) is 1. The van der Waals surface area contributed by atoms with Crippen molar-refractivity contribution in [3.05, 3.63) is 23.7 Å². The molecular weight excluding hydrogens is 210 g/mol.